The lowest BCUT2D eigenvalue weighted by molar-refractivity contribution is 0.687. The molecule has 1 aromatic carbocycles. The molecule has 1 aromatic heterocycles. The normalized spacial score (nSPS) is 12.7. The van der Waals surface area contributed by atoms with Crippen molar-refractivity contribution in [1.82, 2.24) is 5.32 Å². The zero-order valence-electron chi connectivity index (χ0n) is 10.3. The minimum absolute atomic E-state index is 0.249. The Kier molecular flexibility index (Phi) is 3.87. The van der Waals surface area contributed by atoms with Gasteiger partial charge >= 0.3 is 0 Å². The number of nitrogens with one attached hydrogen (secondary N) is 1. The summed E-state index contributed by atoms with van der Waals surface area (Å²) in [5.74, 6) is 0. The second-order valence-corrected chi connectivity index (χ2v) is 5.71. The van der Waals surface area contributed by atoms with Gasteiger partial charge in [0.2, 0.25) is 0 Å². The van der Waals surface area contributed by atoms with Crippen LogP contribution in [0.2, 0.25) is 5.02 Å². The molecule has 17 heavy (non-hydrogen) atoms. The first kappa shape index (κ1) is 12.6. The summed E-state index contributed by atoms with van der Waals surface area (Å²) in [7, 11) is 2.00. The maximum Gasteiger partial charge on any atom is 0.0587 e. The van der Waals surface area contributed by atoms with Crippen molar-refractivity contribution in [2.45, 2.75) is 19.9 Å². The molecule has 0 aliphatic heterocycles. The van der Waals surface area contributed by atoms with Crippen molar-refractivity contribution in [2.24, 2.45) is 0 Å². The lowest BCUT2D eigenvalue weighted by atomic mass is 9.96. The first-order valence-corrected chi connectivity index (χ1v) is 6.86. The van der Waals surface area contributed by atoms with Gasteiger partial charge in [-0.2, -0.15) is 0 Å². The van der Waals surface area contributed by atoms with E-state index < -0.39 is 0 Å². The number of hydrogen-bond donors (Lipinski definition) is 1. The second-order valence-electron chi connectivity index (χ2n) is 4.15. The Morgan fingerprint density at radius 2 is 1.94 bits per heavy atom. The number of thiophene rings is 1. The summed E-state index contributed by atoms with van der Waals surface area (Å²) in [4.78, 5) is 1.36. The molecule has 0 saturated heterocycles. The van der Waals surface area contributed by atoms with Crippen molar-refractivity contribution >= 4 is 22.9 Å². The molecular weight excluding hydrogens is 250 g/mol. The van der Waals surface area contributed by atoms with E-state index in [1.807, 2.05) is 19.2 Å². The Balaban J connectivity index is 2.46. The number of rotatable bonds is 3. The van der Waals surface area contributed by atoms with Gasteiger partial charge in [-0.25, -0.2) is 0 Å². The summed E-state index contributed by atoms with van der Waals surface area (Å²) in [6.45, 7) is 4.27. The van der Waals surface area contributed by atoms with Crippen molar-refractivity contribution in [2.75, 3.05) is 7.05 Å². The smallest absolute Gasteiger partial charge is 0.0587 e. The fourth-order valence-corrected chi connectivity index (χ4v) is 3.10. The highest BCUT2D eigenvalue weighted by Gasteiger charge is 2.16. The fraction of sp³-hybridized carbons (Fsp3) is 0.286. The quantitative estimate of drug-likeness (QED) is 0.871. The number of benzene rings is 1. The van der Waals surface area contributed by atoms with Crippen molar-refractivity contribution in [1.29, 1.82) is 0 Å². The average molecular weight is 266 g/mol. The summed E-state index contributed by atoms with van der Waals surface area (Å²) < 4.78 is 0. The Labute approximate surface area is 111 Å². The van der Waals surface area contributed by atoms with E-state index in [2.05, 4.69) is 36.7 Å². The molecule has 1 nitrogen and oxygen atoms in total. The zero-order valence-corrected chi connectivity index (χ0v) is 11.8. The van der Waals surface area contributed by atoms with Gasteiger partial charge in [0.1, 0.15) is 0 Å². The van der Waals surface area contributed by atoms with Crippen LogP contribution in [-0.2, 0) is 0 Å². The summed E-state index contributed by atoms with van der Waals surface area (Å²) in [6.07, 6.45) is 0. The number of hydrogen-bond acceptors (Lipinski definition) is 2. The van der Waals surface area contributed by atoms with E-state index in [1.165, 1.54) is 21.6 Å². The van der Waals surface area contributed by atoms with E-state index in [0.717, 1.165) is 5.02 Å². The number of aryl methyl sites for hydroxylation is 2. The molecule has 0 amide bonds. The van der Waals surface area contributed by atoms with Crippen LogP contribution in [0.15, 0.2) is 29.6 Å². The molecule has 0 aliphatic rings. The van der Waals surface area contributed by atoms with Crippen molar-refractivity contribution in [3.05, 3.63) is 56.2 Å². The van der Waals surface area contributed by atoms with Gasteiger partial charge in [-0.3, -0.25) is 0 Å². The van der Waals surface area contributed by atoms with Gasteiger partial charge in [-0.1, -0.05) is 17.7 Å². The molecule has 3 heteroatoms. The van der Waals surface area contributed by atoms with Crippen LogP contribution < -0.4 is 5.32 Å². The number of halogens is 1. The Hall–Kier alpha value is -0.830. The van der Waals surface area contributed by atoms with Crippen LogP contribution in [-0.4, -0.2) is 7.05 Å². The van der Waals surface area contributed by atoms with Gasteiger partial charge in [0.15, 0.2) is 0 Å². The fourth-order valence-electron chi connectivity index (χ4n) is 2.14. The third-order valence-corrected chi connectivity index (χ3v) is 4.14. The Bertz CT molecular complexity index is 519. The van der Waals surface area contributed by atoms with E-state index in [9.17, 15) is 0 Å². The lowest BCUT2D eigenvalue weighted by Crippen LogP contribution is -2.18. The van der Waals surface area contributed by atoms with E-state index in [1.54, 1.807) is 11.3 Å². The third-order valence-electron chi connectivity index (χ3n) is 3.04. The van der Waals surface area contributed by atoms with Gasteiger partial charge < -0.3 is 5.32 Å². The summed E-state index contributed by atoms with van der Waals surface area (Å²) >= 11 is 7.79. The van der Waals surface area contributed by atoms with Crippen molar-refractivity contribution < 1.29 is 0 Å². The first-order valence-electron chi connectivity index (χ1n) is 5.60. The van der Waals surface area contributed by atoms with E-state index in [-0.39, 0.29) is 6.04 Å². The second kappa shape index (κ2) is 5.21. The first-order chi connectivity index (χ1) is 8.13. The summed E-state index contributed by atoms with van der Waals surface area (Å²) in [6, 6.07) is 8.52. The molecule has 0 fully saturated rings. The lowest BCUT2D eigenvalue weighted by Gasteiger charge is -2.19. The molecule has 1 atom stereocenters. The van der Waals surface area contributed by atoms with Gasteiger partial charge in [-0.15, -0.1) is 11.3 Å². The van der Waals surface area contributed by atoms with Crippen LogP contribution in [0.3, 0.4) is 0 Å². The maximum atomic E-state index is 6.00. The molecule has 0 radical (unpaired) electrons. The van der Waals surface area contributed by atoms with E-state index in [4.69, 9.17) is 11.6 Å². The van der Waals surface area contributed by atoms with Crippen LogP contribution in [0.5, 0.6) is 0 Å². The Morgan fingerprint density at radius 1 is 1.18 bits per heavy atom. The average Bonchev–Trinajstić information content (AvgIpc) is 2.69. The highest BCUT2D eigenvalue weighted by atomic mass is 35.5. The highest BCUT2D eigenvalue weighted by Crippen LogP contribution is 2.30. The van der Waals surface area contributed by atoms with Gasteiger partial charge in [0.05, 0.1) is 6.04 Å². The molecule has 0 saturated carbocycles. The van der Waals surface area contributed by atoms with Crippen LogP contribution in [0.4, 0.5) is 0 Å². The molecule has 1 unspecified atom stereocenters. The third kappa shape index (κ3) is 2.54. The predicted molar refractivity (Wildman–Crippen MR) is 76.1 cm³/mol. The molecule has 90 valence electrons. The van der Waals surface area contributed by atoms with Crippen LogP contribution >= 0.6 is 22.9 Å². The zero-order chi connectivity index (χ0) is 12.4. The SMILES string of the molecule is CNC(c1ccc(Cl)cc1C)c1ccsc1C. The minimum Gasteiger partial charge on any atom is -0.309 e. The standard InChI is InChI=1S/C14H16ClNS/c1-9-8-11(15)4-5-12(9)14(16-3)13-6-7-17-10(13)2/h4-8,14,16H,1-3H3. The molecule has 2 rings (SSSR count). The van der Waals surface area contributed by atoms with E-state index >= 15 is 0 Å². The molecular formula is C14H16ClNS. The summed E-state index contributed by atoms with van der Waals surface area (Å²) in [5, 5.41) is 6.32. The van der Waals surface area contributed by atoms with Crippen LogP contribution in [0, 0.1) is 13.8 Å². The van der Waals surface area contributed by atoms with Gasteiger partial charge in [-0.05, 0) is 61.2 Å². The van der Waals surface area contributed by atoms with Crippen molar-refractivity contribution in [3.63, 3.8) is 0 Å². The topological polar surface area (TPSA) is 12.0 Å². The molecule has 1 heterocycles. The largest absolute Gasteiger partial charge is 0.309 e. The van der Waals surface area contributed by atoms with Gasteiger partial charge in [0, 0.05) is 9.90 Å². The predicted octanol–water partition coefficient (Wildman–Crippen LogP) is 4.33. The molecule has 0 aliphatic carbocycles. The molecule has 0 spiro atoms. The van der Waals surface area contributed by atoms with E-state index in [0.29, 0.717) is 0 Å². The molecule has 0 bridgehead atoms. The monoisotopic (exact) mass is 265 g/mol. The Morgan fingerprint density at radius 3 is 2.47 bits per heavy atom. The van der Waals surface area contributed by atoms with Crippen LogP contribution in [0.1, 0.15) is 27.6 Å². The van der Waals surface area contributed by atoms with Crippen LogP contribution in [0.25, 0.3) is 0 Å². The van der Waals surface area contributed by atoms with Gasteiger partial charge in [0.25, 0.3) is 0 Å². The molecule has 2 aromatic rings. The maximum absolute atomic E-state index is 6.00. The highest BCUT2D eigenvalue weighted by molar-refractivity contribution is 7.10. The van der Waals surface area contributed by atoms with Crippen molar-refractivity contribution in [3.8, 4) is 0 Å². The summed E-state index contributed by atoms with van der Waals surface area (Å²) in [5.41, 5.74) is 3.86. The minimum atomic E-state index is 0.249. The molecule has 1 N–H and O–H groups in total.